The first-order chi connectivity index (χ1) is 20.5. The van der Waals surface area contributed by atoms with E-state index < -0.39 is 18.2 Å². The van der Waals surface area contributed by atoms with E-state index in [0.717, 1.165) is 49.2 Å². The van der Waals surface area contributed by atoms with Crippen molar-refractivity contribution in [2.24, 2.45) is 0 Å². The van der Waals surface area contributed by atoms with Gasteiger partial charge in [-0.2, -0.15) is 0 Å². The minimum Gasteiger partial charge on any atom is -0.494 e. The molecule has 1 unspecified atom stereocenters. The highest BCUT2D eigenvalue weighted by molar-refractivity contribution is 5.92. The number of carbonyl (C=O) groups is 2. The van der Waals surface area contributed by atoms with Crippen molar-refractivity contribution >= 4 is 11.9 Å². The minimum atomic E-state index is -0.556. The molecule has 1 atom stereocenters. The van der Waals surface area contributed by atoms with Crippen molar-refractivity contribution in [1.29, 1.82) is 0 Å². The summed E-state index contributed by atoms with van der Waals surface area (Å²) in [6.45, 7) is 7.60. The van der Waals surface area contributed by atoms with Crippen LogP contribution in [0, 0.1) is 0 Å². The van der Waals surface area contributed by atoms with Gasteiger partial charge in [0.25, 0.3) is 0 Å². The van der Waals surface area contributed by atoms with E-state index in [1.54, 1.807) is 36.4 Å². The summed E-state index contributed by atoms with van der Waals surface area (Å²) in [4.78, 5) is 25.3. The Morgan fingerprint density at radius 2 is 1.12 bits per heavy atom. The summed E-state index contributed by atoms with van der Waals surface area (Å²) in [6.07, 6.45) is 10.3. The van der Waals surface area contributed by atoms with Gasteiger partial charge in [0.15, 0.2) is 0 Å². The first-order valence-corrected chi connectivity index (χ1v) is 15.5. The van der Waals surface area contributed by atoms with E-state index in [1.165, 1.54) is 32.1 Å². The molecule has 0 fully saturated rings. The minimum absolute atomic E-state index is 0.349. The van der Waals surface area contributed by atoms with Crippen LogP contribution < -0.4 is 9.47 Å². The summed E-state index contributed by atoms with van der Waals surface area (Å²) in [5.74, 6) is 0.288. The van der Waals surface area contributed by atoms with Gasteiger partial charge in [0.1, 0.15) is 11.5 Å². The third kappa shape index (κ3) is 11.3. The fourth-order valence-corrected chi connectivity index (χ4v) is 4.42. The molecule has 226 valence electrons. The fourth-order valence-electron chi connectivity index (χ4n) is 4.42. The summed E-state index contributed by atoms with van der Waals surface area (Å²) in [6, 6.07) is 21.7. The van der Waals surface area contributed by atoms with Gasteiger partial charge in [-0.3, -0.25) is 0 Å². The molecule has 0 radical (unpaired) electrons. The molecule has 0 aliphatic carbocycles. The predicted molar refractivity (Wildman–Crippen MR) is 167 cm³/mol. The first kappa shape index (κ1) is 32.9. The van der Waals surface area contributed by atoms with Gasteiger partial charge in [-0.05, 0) is 78.9 Å². The van der Waals surface area contributed by atoms with E-state index >= 15 is 0 Å². The number of hydrogen-bond donors (Lipinski definition) is 0. The van der Waals surface area contributed by atoms with Gasteiger partial charge in [-0.1, -0.05) is 83.6 Å². The lowest BCUT2D eigenvalue weighted by molar-refractivity contribution is -0.114. The Morgan fingerprint density at radius 1 is 0.571 bits per heavy atom. The van der Waals surface area contributed by atoms with Crippen LogP contribution in [-0.2, 0) is 9.47 Å². The molecule has 0 aromatic heterocycles. The summed E-state index contributed by atoms with van der Waals surface area (Å²) >= 11 is 0. The quantitative estimate of drug-likeness (QED) is 0.0615. The number of rotatable bonds is 19. The van der Waals surface area contributed by atoms with Crippen molar-refractivity contribution in [2.45, 2.75) is 91.3 Å². The van der Waals surface area contributed by atoms with Crippen LogP contribution in [0.1, 0.15) is 106 Å². The van der Waals surface area contributed by atoms with Gasteiger partial charge in [0.05, 0.1) is 24.3 Å². The average Bonchev–Trinajstić information content (AvgIpc) is 3.02. The molecular formula is C36H46O6. The normalized spacial score (nSPS) is 11.6. The predicted octanol–water partition coefficient (Wildman–Crippen LogP) is 9.41. The second-order valence-electron chi connectivity index (χ2n) is 10.5. The average molecular weight is 575 g/mol. The molecule has 0 heterocycles. The van der Waals surface area contributed by atoms with Crippen molar-refractivity contribution in [2.75, 3.05) is 13.2 Å². The second-order valence-corrected chi connectivity index (χ2v) is 10.5. The maximum Gasteiger partial charge on any atom is 0.343 e. The molecule has 42 heavy (non-hydrogen) atoms. The Bertz CT molecular complexity index is 1180. The highest BCUT2D eigenvalue weighted by Gasteiger charge is 2.17. The van der Waals surface area contributed by atoms with E-state index in [4.69, 9.17) is 18.9 Å². The summed E-state index contributed by atoms with van der Waals surface area (Å²) in [5.41, 5.74) is 2.85. The number of esters is 2. The molecule has 0 bridgehead atoms. The number of hydrogen-bond acceptors (Lipinski definition) is 6. The van der Waals surface area contributed by atoms with Crippen LogP contribution in [0.15, 0.2) is 72.8 Å². The Hall–Kier alpha value is -3.64. The van der Waals surface area contributed by atoms with Crippen LogP contribution in [0.2, 0.25) is 0 Å². The highest BCUT2D eigenvalue weighted by Crippen LogP contribution is 2.24. The summed E-state index contributed by atoms with van der Waals surface area (Å²) in [5, 5.41) is 0. The molecule has 0 spiro atoms. The van der Waals surface area contributed by atoms with Gasteiger partial charge in [0, 0.05) is 6.42 Å². The molecule has 0 saturated carbocycles. The molecule has 3 aromatic carbocycles. The summed E-state index contributed by atoms with van der Waals surface area (Å²) < 4.78 is 22.6. The van der Waals surface area contributed by atoms with E-state index in [0.29, 0.717) is 29.9 Å². The maximum atomic E-state index is 12.7. The summed E-state index contributed by atoms with van der Waals surface area (Å²) in [7, 11) is 0. The van der Waals surface area contributed by atoms with Crippen molar-refractivity contribution < 1.29 is 28.5 Å². The molecule has 3 aromatic rings. The molecule has 6 heteroatoms. The van der Waals surface area contributed by atoms with Crippen molar-refractivity contribution in [1.82, 2.24) is 0 Å². The molecular weight excluding hydrogens is 528 g/mol. The van der Waals surface area contributed by atoms with E-state index in [9.17, 15) is 9.59 Å². The smallest absolute Gasteiger partial charge is 0.343 e. The molecule has 0 amide bonds. The molecule has 6 nitrogen and oxygen atoms in total. The third-order valence-electron chi connectivity index (χ3n) is 6.92. The maximum absolute atomic E-state index is 12.7. The molecule has 0 saturated heterocycles. The zero-order chi connectivity index (χ0) is 30.0. The largest absolute Gasteiger partial charge is 0.494 e. The van der Waals surface area contributed by atoms with Crippen LogP contribution in [0.3, 0.4) is 0 Å². The standard InChI is InChI=1S/C36H46O6/c1-4-7-9-10-11-12-27-39-32-22-18-29(19-23-32)28-14-16-30(17-15-28)35(37)41-33-24-20-31(21-25-33)36(38)42-34(13-8-5-2)40-26-6-3/h14-25,34H,4-13,26-27H2,1-3H3. The van der Waals surface area contributed by atoms with Gasteiger partial charge in [0.2, 0.25) is 6.29 Å². The number of benzene rings is 3. The second kappa shape index (κ2) is 18.7. The van der Waals surface area contributed by atoms with Crippen LogP contribution in [0.25, 0.3) is 11.1 Å². The SMILES string of the molecule is CCCCCCCCOc1ccc(-c2ccc(C(=O)Oc3ccc(C(=O)OC(CCCC)OCCC)cc3)cc2)cc1. The van der Waals surface area contributed by atoms with E-state index in [1.807, 2.05) is 43.3 Å². The van der Waals surface area contributed by atoms with Gasteiger partial charge in [-0.25, -0.2) is 9.59 Å². The Labute approximate surface area is 251 Å². The monoisotopic (exact) mass is 574 g/mol. The van der Waals surface area contributed by atoms with Crippen molar-refractivity contribution in [3.05, 3.63) is 83.9 Å². The van der Waals surface area contributed by atoms with Crippen LogP contribution in [0.5, 0.6) is 11.5 Å². The zero-order valence-electron chi connectivity index (χ0n) is 25.4. The highest BCUT2D eigenvalue weighted by atomic mass is 16.7. The molecule has 0 N–H and O–H groups in total. The van der Waals surface area contributed by atoms with Crippen molar-refractivity contribution in [3.8, 4) is 22.6 Å². The van der Waals surface area contributed by atoms with Gasteiger partial charge < -0.3 is 18.9 Å². The number of unbranched alkanes of at least 4 members (excludes halogenated alkanes) is 6. The third-order valence-corrected chi connectivity index (χ3v) is 6.92. The van der Waals surface area contributed by atoms with Crippen LogP contribution >= 0.6 is 0 Å². The van der Waals surface area contributed by atoms with E-state index in [2.05, 4.69) is 13.8 Å². The van der Waals surface area contributed by atoms with Gasteiger partial charge >= 0.3 is 11.9 Å². The molecule has 0 aliphatic heterocycles. The Morgan fingerprint density at radius 3 is 1.76 bits per heavy atom. The zero-order valence-corrected chi connectivity index (χ0v) is 25.4. The number of carbonyl (C=O) groups excluding carboxylic acids is 2. The van der Waals surface area contributed by atoms with Crippen molar-refractivity contribution in [3.63, 3.8) is 0 Å². The Balaban J connectivity index is 1.48. The first-order valence-electron chi connectivity index (χ1n) is 15.5. The van der Waals surface area contributed by atoms with E-state index in [-0.39, 0.29) is 0 Å². The molecule has 0 aliphatic rings. The topological polar surface area (TPSA) is 71.1 Å². The molecule has 3 rings (SSSR count). The lowest BCUT2D eigenvalue weighted by atomic mass is 10.0. The lowest BCUT2D eigenvalue weighted by Gasteiger charge is -2.18. The lowest BCUT2D eigenvalue weighted by Crippen LogP contribution is -2.22. The van der Waals surface area contributed by atoms with Gasteiger partial charge in [-0.15, -0.1) is 0 Å². The number of ether oxygens (including phenoxy) is 4. The Kier molecular flexibility index (Phi) is 14.7. The fraction of sp³-hybridized carbons (Fsp3) is 0.444. The van der Waals surface area contributed by atoms with Crippen LogP contribution in [0.4, 0.5) is 0 Å². The van der Waals surface area contributed by atoms with Crippen LogP contribution in [-0.4, -0.2) is 31.4 Å².